The highest BCUT2D eigenvalue weighted by Crippen LogP contribution is 2.07. The standard InChI is InChI=1S/C16H26N6O/c1-3-14(22-8-6-21(2)7-9-22)12-18-15(23)5-4-13-10-19-16(17)20-11-13/h4-5,10-11,14H,3,6-9,12H2,1-2H3,(H,18,23)(H2,17,19,20). The number of nitrogens with one attached hydrogen (secondary N) is 1. The number of nitrogens with zero attached hydrogens (tertiary/aromatic N) is 4. The lowest BCUT2D eigenvalue weighted by atomic mass is 10.1. The molecule has 0 aromatic carbocycles. The van der Waals surface area contributed by atoms with Gasteiger partial charge >= 0.3 is 0 Å². The zero-order valence-electron chi connectivity index (χ0n) is 13.9. The predicted molar refractivity (Wildman–Crippen MR) is 91.6 cm³/mol. The number of amides is 1. The molecule has 1 aromatic heterocycles. The van der Waals surface area contributed by atoms with Gasteiger partial charge in [0.05, 0.1) is 0 Å². The third kappa shape index (κ3) is 5.61. The van der Waals surface area contributed by atoms with E-state index < -0.39 is 0 Å². The number of aromatic nitrogens is 2. The van der Waals surface area contributed by atoms with E-state index >= 15 is 0 Å². The molecule has 1 aliphatic rings. The van der Waals surface area contributed by atoms with Crippen LogP contribution in [0.4, 0.5) is 5.95 Å². The van der Waals surface area contributed by atoms with Gasteiger partial charge in [-0.15, -0.1) is 0 Å². The number of hydrogen-bond donors (Lipinski definition) is 2. The lowest BCUT2D eigenvalue weighted by Crippen LogP contribution is -2.52. The second-order valence-electron chi connectivity index (χ2n) is 5.85. The Morgan fingerprint density at radius 3 is 2.61 bits per heavy atom. The van der Waals surface area contributed by atoms with Gasteiger partial charge in [0.1, 0.15) is 0 Å². The van der Waals surface area contributed by atoms with Crippen LogP contribution in [0.1, 0.15) is 18.9 Å². The average Bonchev–Trinajstić information content (AvgIpc) is 2.56. The van der Waals surface area contributed by atoms with Crippen LogP contribution in [0, 0.1) is 0 Å². The molecule has 1 fully saturated rings. The van der Waals surface area contributed by atoms with Crippen molar-refractivity contribution in [2.75, 3.05) is 45.5 Å². The van der Waals surface area contributed by atoms with Crippen molar-refractivity contribution in [3.63, 3.8) is 0 Å². The lowest BCUT2D eigenvalue weighted by Gasteiger charge is -2.37. The fraction of sp³-hybridized carbons (Fsp3) is 0.562. The summed E-state index contributed by atoms with van der Waals surface area (Å²) < 4.78 is 0. The Balaban J connectivity index is 1.79. The minimum absolute atomic E-state index is 0.102. The van der Waals surface area contributed by atoms with Crippen LogP contribution in [0.15, 0.2) is 18.5 Å². The highest BCUT2D eigenvalue weighted by atomic mass is 16.1. The van der Waals surface area contributed by atoms with Gasteiger partial charge in [0.15, 0.2) is 0 Å². The van der Waals surface area contributed by atoms with Crippen LogP contribution in [0.3, 0.4) is 0 Å². The highest BCUT2D eigenvalue weighted by Gasteiger charge is 2.21. The van der Waals surface area contributed by atoms with E-state index in [1.54, 1.807) is 18.5 Å². The first-order valence-electron chi connectivity index (χ1n) is 8.04. The van der Waals surface area contributed by atoms with Gasteiger partial charge in [-0.05, 0) is 19.5 Å². The Kier molecular flexibility index (Phi) is 6.49. The maximum atomic E-state index is 11.9. The lowest BCUT2D eigenvalue weighted by molar-refractivity contribution is -0.116. The fourth-order valence-corrected chi connectivity index (χ4v) is 2.60. The summed E-state index contributed by atoms with van der Waals surface area (Å²) in [5, 5.41) is 2.98. The van der Waals surface area contributed by atoms with Crippen molar-refractivity contribution >= 4 is 17.9 Å². The van der Waals surface area contributed by atoms with Gasteiger partial charge in [-0.1, -0.05) is 6.92 Å². The third-order valence-electron chi connectivity index (χ3n) is 4.16. The second kappa shape index (κ2) is 8.59. The summed E-state index contributed by atoms with van der Waals surface area (Å²) in [5.74, 6) is 0.124. The maximum absolute atomic E-state index is 11.9. The van der Waals surface area contributed by atoms with Crippen molar-refractivity contribution in [3.8, 4) is 0 Å². The molecule has 1 aromatic rings. The second-order valence-corrected chi connectivity index (χ2v) is 5.85. The molecule has 3 N–H and O–H groups in total. The Labute approximate surface area is 137 Å². The minimum atomic E-state index is -0.102. The van der Waals surface area contributed by atoms with Crippen LogP contribution in [-0.2, 0) is 4.79 Å². The number of piperazine rings is 1. The van der Waals surface area contributed by atoms with E-state index in [0.717, 1.165) is 38.2 Å². The van der Waals surface area contributed by atoms with Gasteiger partial charge in [0.25, 0.3) is 0 Å². The van der Waals surface area contributed by atoms with Crippen LogP contribution in [0.2, 0.25) is 0 Å². The maximum Gasteiger partial charge on any atom is 0.244 e. The summed E-state index contributed by atoms with van der Waals surface area (Å²) in [6.07, 6.45) is 7.40. The third-order valence-corrected chi connectivity index (χ3v) is 4.16. The van der Waals surface area contributed by atoms with Crippen LogP contribution in [0.25, 0.3) is 6.08 Å². The van der Waals surface area contributed by atoms with Crippen molar-refractivity contribution in [2.45, 2.75) is 19.4 Å². The van der Waals surface area contributed by atoms with Crippen molar-refractivity contribution in [2.24, 2.45) is 0 Å². The molecule has 1 atom stereocenters. The van der Waals surface area contributed by atoms with E-state index in [0.29, 0.717) is 12.6 Å². The minimum Gasteiger partial charge on any atom is -0.368 e. The normalized spacial score (nSPS) is 18.2. The first-order valence-corrected chi connectivity index (χ1v) is 8.04. The first kappa shape index (κ1) is 17.4. The van der Waals surface area contributed by atoms with E-state index in [2.05, 4.69) is 39.1 Å². The first-order chi connectivity index (χ1) is 11.1. The van der Waals surface area contributed by atoms with E-state index in [4.69, 9.17) is 5.73 Å². The molecule has 0 aliphatic carbocycles. The number of carbonyl (C=O) groups excluding carboxylic acids is 1. The molecule has 1 saturated heterocycles. The van der Waals surface area contributed by atoms with Crippen LogP contribution >= 0.6 is 0 Å². The van der Waals surface area contributed by atoms with Crippen molar-refractivity contribution in [1.82, 2.24) is 25.1 Å². The van der Waals surface area contributed by atoms with Gasteiger partial charge in [-0.3, -0.25) is 9.69 Å². The summed E-state index contributed by atoms with van der Waals surface area (Å²) in [7, 11) is 2.14. The Hall–Kier alpha value is -1.99. The summed E-state index contributed by atoms with van der Waals surface area (Å²) in [6, 6.07) is 0.390. The molecule has 23 heavy (non-hydrogen) atoms. The molecule has 7 nitrogen and oxygen atoms in total. The van der Waals surface area contributed by atoms with Crippen molar-refractivity contribution in [3.05, 3.63) is 24.0 Å². The van der Waals surface area contributed by atoms with E-state index in [1.165, 1.54) is 6.08 Å². The zero-order chi connectivity index (χ0) is 16.7. The summed E-state index contributed by atoms with van der Waals surface area (Å²) in [6.45, 7) is 7.12. The predicted octanol–water partition coefficient (Wildman–Crippen LogP) is 0.214. The molecule has 1 aliphatic heterocycles. The molecule has 126 valence electrons. The number of rotatable bonds is 6. The quantitative estimate of drug-likeness (QED) is 0.729. The molecular weight excluding hydrogens is 292 g/mol. The molecule has 0 radical (unpaired) electrons. The smallest absolute Gasteiger partial charge is 0.244 e. The summed E-state index contributed by atoms with van der Waals surface area (Å²) >= 11 is 0. The summed E-state index contributed by atoms with van der Waals surface area (Å²) in [5.41, 5.74) is 6.18. The van der Waals surface area contributed by atoms with Gasteiger partial charge in [0.2, 0.25) is 11.9 Å². The van der Waals surface area contributed by atoms with E-state index in [-0.39, 0.29) is 11.9 Å². The zero-order valence-corrected chi connectivity index (χ0v) is 13.9. The molecule has 1 amide bonds. The van der Waals surface area contributed by atoms with Crippen molar-refractivity contribution in [1.29, 1.82) is 0 Å². The number of carbonyl (C=O) groups is 1. The molecule has 0 saturated carbocycles. The van der Waals surface area contributed by atoms with Gasteiger partial charge in [-0.25, -0.2) is 9.97 Å². The number of anilines is 1. The largest absolute Gasteiger partial charge is 0.368 e. The fourth-order valence-electron chi connectivity index (χ4n) is 2.60. The molecule has 0 bridgehead atoms. The number of nitrogen functional groups attached to an aromatic ring is 1. The Morgan fingerprint density at radius 2 is 2.00 bits per heavy atom. The molecular formula is C16H26N6O. The average molecular weight is 318 g/mol. The monoisotopic (exact) mass is 318 g/mol. The van der Waals surface area contributed by atoms with Gasteiger partial charge in [0, 0.05) is 62.8 Å². The van der Waals surface area contributed by atoms with Gasteiger partial charge < -0.3 is 16.0 Å². The van der Waals surface area contributed by atoms with E-state index in [9.17, 15) is 4.79 Å². The number of hydrogen-bond acceptors (Lipinski definition) is 6. The van der Waals surface area contributed by atoms with Crippen LogP contribution in [-0.4, -0.2) is 71.5 Å². The number of likely N-dealkylation sites (N-methyl/N-ethyl adjacent to an activating group) is 1. The van der Waals surface area contributed by atoms with E-state index in [1.807, 2.05) is 0 Å². The highest BCUT2D eigenvalue weighted by molar-refractivity contribution is 5.91. The number of nitrogens with two attached hydrogens (primary N) is 1. The van der Waals surface area contributed by atoms with Crippen LogP contribution < -0.4 is 11.1 Å². The topological polar surface area (TPSA) is 87.4 Å². The molecule has 0 spiro atoms. The van der Waals surface area contributed by atoms with Gasteiger partial charge in [-0.2, -0.15) is 0 Å². The molecule has 7 heteroatoms. The Morgan fingerprint density at radius 1 is 1.35 bits per heavy atom. The molecule has 1 unspecified atom stereocenters. The summed E-state index contributed by atoms with van der Waals surface area (Å²) in [4.78, 5) is 24.5. The Bertz CT molecular complexity index is 522. The van der Waals surface area contributed by atoms with Crippen molar-refractivity contribution < 1.29 is 4.79 Å². The SMILES string of the molecule is CCC(CNC(=O)C=Cc1cnc(N)nc1)N1CCN(C)CC1. The molecule has 2 heterocycles. The molecule has 2 rings (SSSR count). The van der Waals surface area contributed by atoms with Crippen LogP contribution in [0.5, 0.6) is 0 Å².